The Morgan fingerprint density at radius 1 is 1.60 bits per heavy atom. The van der Waals surface area contributed by atoms with Gasteiger partial charge in [-0.25, -0.2) is 5.10 Å². The van der Waals surface area contributed by atoms with Gasteiger partial charge in [-0.15, -0.1) is 0 Å². The van der Waals surface area contributed by atoms with Crippen LogP contribution in [0.15, 0.2) is 16.9 Å². The molecule has 1 amide bonds. The third-order valence-electron chi connectivity index (χ3n) is 1.88. The van der Waals surface area contributed by atoms with E-state index in [1.54, 1.807) is 23.7 Å². The molecule has 82 valence electrons. The summed E-state index contributed by atoms with van der Waals surface area (Å²) < 4.78 is 0. The third-order valence-corrected chi connectivity index (χ3v) is 2.47. The molecule has 0 aliphatic rings. The Labute approximate surface area is 91.9 Å². The van der Waals surface area contributed by atoms with Crippen LogP contribution in [0.1, 0.15) is 10.5 Å². The average molecular weight is 227 g/mol. The topological polar surface area (TPSA) is 66.1 Å². The van der Waals surface area contributed by atoms with Crippen molar-refractivity contribution in [2.24, 2.45) is 0 Å². The highest BCUT2D eigenvalue weighted by Crippen LogP contribution is 1.99. The molecule has 0 fully saturated rings. The Hall–Kier alpha value is -1.30. The van der Waals surface area contributed by atoms with E-state index in [4.69, 9.17) is 0 Å². The number of hydrogen-bond acceptors (Lipinski definition) is 4. The van der Waals surface area contributed by atoms with Crippen molar-refractivity contribution in [2.75, 3.05) is 25.6 Å². The van der Waals surface area contributed by atoms with E-state index in [2.05, 4.69) is 10.2 Å². The molecule has 1 N–H and O–H groups in total. The van der Waals surface area contributed by atoms with Gasteiger partial charge in [0, 0.05) is 25.4 Å². The standard InChI is InChI=1S/C9H13N3O2S/c1-12(5-6-15-2)9(14)7-3-4-8(13)11-10-7/h3-4H,5-6H2,1-2H3,(H,11,13). The fraction of sp³-hybridized carbons (Fsp3) is 0.444. The zero-order chi connectivity index (χ0) is 11.3. The molecule has 15 heavy (non-hydrogen) atoms. The maximum Gasteiger partial charge on any atom is 0.274 e. The first-order chi connectivity index (χ1) is 7.15. The normalized spacial score (nSPS) is 10.0. The lowest BCUT2D eigenvalue weighted by Crippen LogP contribution is -2.30. The Bertz CT molecular complexity index is 371. The SMILES string of the molecule is CSCCN(C)C(=O)c1ccc(=O)[nH]n1. The van der Waals surface area contributed by atoms with Crippen molar-refractivity contribution >= 4 is 17.7 Å². The smallest absolute Gasteiger partial charge is 0.274 e. The van der Waals surface area contributed by atoms with Gasteiger partial charge in [0.15, 0.2) is 0 Å². The van der Waals surface area contributed by atoms with Gasteiger partial charge in [0.05, 0.1) is 0 Å². The third kappa shape index (κ3) is 3.39. The average Bonchev–Trinajstić information content (AvgIpc) is 2.26. The maximum atomic E-state index is 11.7. The second kappa shape index (κ2) is 5.55. The Morgan fingerprint density at radius 2 is 2.33 bits per heavy atom. The molecule has 0 aliphatic carbocycles. The van der Waals surface area contributed by atoms with Crippen LogP contribution in [-0.2, 0) is 0 Å². The molecule has 1 rings (SSSR count). The van der Waals surface area contributed by atoms with Crippen molar-refractivity contribution in [3.8, 4) is 0 Å². The highest BCUT2D eigenvalue weighted by Gasteiger charge is 2.12. The van der Waals surface area contributed by atoms with E-state index in [9.17, 15) is 9.59 Å². The fourth-order valence-electron chi connectivity index (χ4n) is 0.989. The summed E-state index contributed by atoms with van der Waals surface area (Å²) >= 11 is 1.67. The number of nitrogens with one attached hydrogen (secondary N) is 1. The van der Waals surface area contributed by atoms with Gasteiger partial charge in [0.1, 0.15) is 5.69 Å². The van der Waals surface area contributed by atoms with Crippen LogP contribution in [0, 0.1) is 0 Å². The molecule has 0 bridgehead atoms. The minimum Gasteiger partial charge on any atom is -0.339 e. The number of aromatic amines is 1. The van der Waals surface area contributed by atoms with Crippen molar-refractivity contribution in [2.45, 2.75) is 0 Å². The molecule has 1 heterocycles. The van der Waals surface area contributed by atoms with Crippen LogP contribution in [0.5, 0.6) is 0 Å². The van der Waals surface area contributed by atoms with Crippen molar-refractivity contribution in [1.29, 1.82) is 0 Å². The molecule has 0 aliphatic heterocycles. The number of hydrogen-bond donors (Lipinski definition) is 1. The molecule has 0 saturated heterocycles. The number of nitrogens with zero attached hydrogens (tertiary/aromatic N) is 2. The number of carbonyl (C=O) groups excluding carboxylic acids is 1. The van der Waals surface area contributed by atoms with Crippen molar-refractivity contribution in [3.05, 3.63) is 28.2 Å². The lowest BCUT2D eigenvalue weighted by Gasteiger charge is -2.15. The van der Waals surface area contributed by atoms with E-state index in [0.717, 1.165) is 5.75 Å². The van der Waals surface area contributed by atoms with Gasteiger partial charge in [-0.1, -0.05) is 0 Å². The quantitative estimate of drug-likeness (QED) is 0.798. The number of thioether (sulfide) groups is 1. The molecular formula is C9H13N3O2S. The number of H-pyrrole nitrogens is 1. The molecule has 5 nitrogen and oxygen atoms in total. The fourth-order valence-corrected chi connectivity index (χ4v) is 1.45. The summed E-state index contributed by atoms with van der Waals surface area (Å²) in [5.74, 6) is 0.700. The second-order valence-electron chi connectivity index (χ2n) is 3.03. The summed E-state index contributed by atoms with van der Waals surface area (Å²) in [6.45, 7) is 0.667. The highest BCUT2D eigenvalue weighted by atomic mass is 32.2. The minimum atomic E-state index is -0.307. The molecular weight excluding hydrogens is 214 g/mol. The molecule has 0 unspecified atom stereocenters. The first kappa shape index (κ1) is 11.8. The molecule has 1 aromatic heterocycles. The molecule has 0 radical (unpaired) electrons. The summed E-state index contributed by atoms with van der Waals surface area (Å²) in [6, 6.07) is 2.72. The van der Waals surface area contributed by atoms with Gasteiger partial charge in [0.2, 0.25) is 0 Å². The van der Waals surface area contributed by atoms with Gasteiger partial charge in [-0.05, 0) is 12.3 Å². The predicted molar refractivity (Wildman–Crippen MR) is 60.2 cm³/mol. The molecule has 0 spiro atoms. The van der Waals surface area contributed by atoms with E-state index in [1.165, 1.54) is 12.1 Å². The van der Waals surface area contributed by atoms with E-state index in [0.29, 0.717) is 6.54 Å². The number of aromatic nitrogens is 2. The predicted octanol–water partition coefficient (Wildman–Crippen LogP) is 0.205. The Balaban J connectivity index is 2.67. The zero-order valence-electron chi connectivity index (χ0n) is 8.69. The van der Waals surface area contributed by atoms with Crippen LogP contribution in [0.25, 0.3) is 0 Å². The lowest BCUT2D eigenvalue weighted by atomic mass is 10.3. The van der Waals surface area contributed by atoms with Crippen LogP contribution in [0.4, 0.5) is 0 Å². The second-order valence-corrected chi connectivity index (χ2v) is 4.01. The summed E-state index contributed by atoms with van der Waals surface area (Å²) in [4.78, 5) is 24.0. The summed E-state index contributed by atoms with van der Waals surface area (Å²) in [7, 11) is 1.71. The number of amides is 1. The first-order valence-electron chi connectivity index (χ1n) is 4.45. The Kier molecular flexibility index (Phi) is 4.36. The van der Waals surface area contributed by atoms with Crippen LogP contribution >= 0.6 is 11.8 Å². The molecule has 1 aromatic rings. The lowest BCUT2D eigenvalue weighted by molar-refractivity contribution is 0.0796. The van der Waals surface area contributed by atoms with Gasteiger partial charge in [0.25, 0.3) is 11.5 Å². The molecule has 0 aromatic carbocycles. The van der Waals surface area contributed by atoms with Crippen molar-refractivity contribution < 1.29 is 4.79 Å². The largest absolute Gasteiger partial charge is 0.339 e. The maximum absolute atomic E-state index is 11.7. The van der Waals surface area contributed by atoms with Crippen LogP contribution in [-0.4, -0.2) is 46.6 Å². The van der Waals surface area contributed by atoms with Crippen LogP contribution in [0.3, 0.4) is 0 Å². The van der Waals surface area contributed by atoms with E-state index < -0.39 is 0 Å². The summed E-state index contributed by atoms with van der Waals surface area (Å²) in [6.07, 6.45) is 1.98. The zero-order valence-corrected chi connectivity index (χ0v) is 9.50. The first-order valence-corrected chi connectivity index (χ1v) is 5.84. The molecule has 0 saturated carbocycles. The minimum absolute atomic E-state index is 0.180. The van der Waals surface area contributed by atoms with E-state index >= 15 is 0 Å². The van der Waals surface area contributed by atoms with Crippen LogP contribution in [0.2, 0.25) is 0 Å². The van der Waals surface area contributed by atoms with E-state index in [-0.39, 0.29) is 17.2 Å². The molecule has 0 atom stereocenters. The summed E-state index contributed by atoms with van der Waals surface area (Å²) in [5, 5.41) is 5.91. The summed E-state index contributed by atoms with van der Waals surface area (Å²) in [5.41, 5.74) is -0.0449. The number of carbonyl (C=O) groups is 1. The highest BCUT2D eigenvalue weighted by molar-refractivity contribution is 7.98. The van der Waals surface area contributed by atoms with Gasteiger partial charge >= 0.3 is 0 Å². The van der Waals surface area contributed by atoms with Crippen molar-refractivity contribution in [3.63, 3.8) is 0 Å². The van der Waals surface area contributed by atoms with Gasteiger partial charge in [-0.2, -0.15) is 16.9 Å². The Morgan fingerprint density at radius 3 is 2.87 bits per heavy atom. The van der Waals surface area contributed by atoms with Gasteiger partial charge in [-0.3, -0.25) is 9.59 Å². The molecule has 6 heteroatoms. The number of rotatable bonds is 4. The van der Waals surface area contributed by atoms with Crippen molar-refractivity contribution in [1.82, 2.24) is 15.1 Å². The van der Waals surface area contributed by atoms with Gasteiger partial charge < -0.3 is 4.90 Å². The van der Waals surface area contributed by atoms with Crippen LogP contribution < -0.4 is 5.56 Å². The van der Waals surface area contributed by atoms with E-state index in [1.807, 2.05) is 6.26 Å². The monoisotopic (exact) mass is 227 g/mol.